The van der Waals surface area contributed by atoms with Gasteiger partial charge in [-0.25, -0.2) is 0 Å². The van der Waals surface area contributed by atoms with Crippen LogP contribution in [0.1, 0.15) is 61.1 Å². The van der Waals surface area contributed by atoms with Gasteiger partial charge in [0.05, 0.1) is 11.4 Å². The van der Waals surface area contributed by atoms with Crippen molar-refractivity contribution in [2.75, 3.05) is 4.90 Å². The SMILES string of the molecule is Cc1cc(-c2cccc3ccccc23)cc(C)c1N(c1ccc2c(c1)C(C)(C)c1ccccc1-2)c1cccc2c1-c1ccccc1C2(C)C. The molecule has 0 fully saturated rings. The average Bonchev–Trinajstić information content (AvgIpc) is 3.49. The molecule has 0 heterocycles. The Bertz CT molecular complexity index is 2450. The molecule has 1 heteroatoms. The summed E-state index contributed by atoms with van der Waals surface area (Å²) in [7, 11) is 0. The number of rotatable bonds is 4. The molecule has 0 spiro atoms. The highest BCUT2D eigenvalue weighted by atomic mass is 15.2. The molecular formula is C48H41N. The number of hydrogen-bond donors (Lipinski definition) is 0. The molecule has 0 aromatic heterocycles. The number of fused-ring (bicyclic) bond motifs is 7. The van der Waals surface area contributed by atoms with Gasteiger partial charge >= 0.3 is 0 Å². The van der Waals surface area contributed by atoms with Crippen LogP contribution in [0.3, 0.4) is 0 Å². The van der Waals surface area contributed by atoms with Crippen molar-refractivity contribution in [1.82, 2.24) is 0 Å². The largest absolute Gasteiger partial charge is 0.309 e. The number of benzene rings is 7. The minimum Gasteiger partial charge on any atom is -0.309 e. The van der Waals surface area contributed by atoms with Gasteiger partial charge in [0.15, 0.2) is 0 Å². The van der Waals surface area contributed by atoms with Crippen molar-refractivity contribution in [2.45, 2.75) is 52.4 Å². The Morgan fingerprint density at radius 2 is 1.00 bits per heavy atom. The molecule has 238 valence electrons. The van der Waals surface area contributed by atoms with E-state index in [4.69, 9.17) is 0 Å². The topological polar surface area (TPSA) is 3.24 Å². The fourth-order valence-corrected chi connectivity index (χ4v) is 9.08. The second-order valence-electron chi connectivity index (χ2n) is 15.1. The molecule has 1 nitrogen and oxygen atoms in total. The van der Waals surface area contributed by atoms with E-state index >= 15 is 0 Å². The Balaban J connectivity index is 1.31. The van der Waals surface area contributed by atoms with Crippen LogP contribution in [0.15, 0.2) is 140 Å². The van der Waals surface area contributed by atoms with Gasteiger partial charge in [-0.05, 0) is 116 Å². The Morgan fingerprint density at radius 1 is 0.449 bits per heavy atom. The van der Waals surface area contributed by atoms with Gasteiger partial charge in [-0.1, -0.05) is 137 Å². The van der Waals surface area contributed by atoms with E-state index in [0.717, 1.165) is 0 Å². The molecule has 0 radical (unpaired) electrons. The van der Waals surface area contributed by atoms with Crippen LogP contribution < -0.4 is 4.90 Å². The van der Waals surface area contributed by atoms with Crippen molar-refractivity contribution in [2.24, 2.45) is 0 Å². The number of hydrogen-bond acceptors (Lipinski definition) is 1. The van der Waals surface area contributed by atoms with Crippen molar-refractivity contribution < 1.29 is 0 Å². The van der Waals surface area contributed by atoms with Crippen molar-refractivity contribution in [3.8, 4) is 33.4 Å². The van der Waals surface area contributed by atoms with Gasteiger partial charge in [-0.2, -0.15) is 0 Å². The van der Waals surface area contributed by atoms with Gasteiger partial charge in [0.2, 0.25) is 0 Å². The quantitative estimate of drug-likeness (QED) is 0.187. The van der Waals surface area contributed by atoms with Gasteiger partial charge in [0, 0.05) is 22.1 Å². The third kappa shape index (κ3) is 4.25. The van der Waals surface area contributed by atoms with Crippen molar-refractivity contribution in [1.29, 1.82) is 0 Å². The standard InChI is InChI=1S/C48H41N/c1-30-27-33(36-20-13-16-32-15-7-8-17-35(32)36)28-31(2)46(30)49(34-25-26-38-37-18-9-11-21-40(37)48(5,6)43(38)29-34)44-24-14-23-42-45(44)39-19-10-12-22-41(39)47(42,3)4/h7-29H,1-6H3. The molecule has 0 amide bonds. The van der Waals surface area contributed by atoms with Gasteiger partial charge in [0.1, 0.15) is 0 Å². The zero-order chi connectivity index (χ0) is 33.7. The lowest BCUT2D eigenvalue weighted by Gasteiger charge is -2.33. The monoisotopic (exact) mass is 631 g/mol. The van der Waals surface area contributed by atoms with E-state index in [2.05, 4.69) is 186 Å². The van der Waals surface area contributed by atoms with Crippen LogP contribution in [0.2, 0.25) is 0 Å². The Hall–Kier alpha value is -5.40. The van der Waals surface area contributed by atoms with Gasteiger partial charge < -0.3 is 4.90 Å². The van der Waals surface area contributed by atoms with Crippen LogP contribution in [0, 0.1) is 13.8 Å². The molecule has 2 aliphatic carbocycles. The van der Waals surface area contributed by atoms with Crippen molar-refractivity contribution >= 4 is 27.8 Å². The summed E-state index contributed by atoms with van der Waals surface area (Å²) in [5, 5.41) is 2.55. The predicted octanol–water partition coefficient (Wildman–Crippen LogP) is 13.2. The first-order chi connectivity index (χ1) is 23.7. The number of nitrogens with zero attached hydrogens (tertiary/aromatic N) is 1. The maximum Gasteiger partial charge on any atom is 0.0543 e. The lowest BCUT2D eigenvalue weighted by Crippen LogP contribution is -2.18. The number of anilines is 3. The molecule has 0 bridgehead atoms. The summed E-state index contributed by atoms with van der Waals surface area (Å²) in [5.41, 5.74) is 19.4. The lowest BCUT2D eigenvalue weighted by atomic mass is 9.82. The van der Waals surface area contributed by atoms with E-state index in [1.54, 1.807) is 0 Å². The van der Waals surface area contributed by atoms with E-state index in [1.807, 2.05) is 0 Å². The van der Waals surface area contributed by atoms with Crippen LogP contribution in [0.5, 0.6) is 0 Å². The normalized spacial score (nSPS) is 14.7. The van der Waals surface area contributed by atoms with Crippen LogP contribution >= 0.6 is 0 Å². The fraction of sp³-hybridized carbons (Fsp3) is 0.167. The predicted molar refractivity (Wildman–Crippen MR) is 209 cm³/mol. The highest BCUT2D eigenvalue weighted by Crippen LogP contribution is 2.56. The third-order valence-electron chi connectivity index (χ3n) is 11.5. The number of aryl methyl sites for hydroxylation is 2. The lowest BCUT2D eigenvalue weighted by molar-refractivity contribution is 0.660. The molecule has 0 aliphatic heterocycles. The minimum atomic E-state index is -0.0941. The molecular weight excluding hydrogens is 591 g/mol. The molecule has 0 atom stereocenters. The smallest absolute Gasteiger partial charge is 0.0543 e. The van der Waals surface area contributed by atoms with E-state index < -0.39 is 0 Å². The third-order valence-corrected chi connectivity index (χ3v) is 11.5. The molecule has 0 saturated carbocycles. The van der Waals surface area contributed by atoms with E-state index in [1.165, 1.54) is 94.6 Å². The summed E-state index contributed by atoms with van der Waals surface area (Å²) in [6.45, 7) is 14.1. The molecule has 0 unspecified atom stereocenters. The molecule has 2 aliphatic rings. The summed E-state index contributed by atoms with van der Waals surface area (Å²) in [4.78, 5) is 2.56. The van der Waals surface area contributed by atoms with Crippen LogP contribution in [0.4, 0.5) is 17.1 Å². The maximum atomic E-state index is 2.56. The Kier molecular flexibility index (Phi) is 6.40. The summed E-state index contributed by atoms with van der Waals surface area (Å²) in [6.07, 6.45) is 0. The van der Waals surface area contributed by atoms with Gasteiger partial charge in [-0.15, -0.1) is 0 Å². The van der Waals surface area contributed by atoms with Crippen LogP contribution in [-0.4, -0.2) is 0 Å². The van der Waals surface area contributed by atoms with Crippen LogP contribution in [-0.2, 0) is 10.8 Å². The molecule has 49 heavy (non-hydrogen) atoms. The van der Waals surface area contributed by atoms with E-state index in [-0.39, 0.29) is 10.8 Å². The first-order valence-corrected chi connectivity index (χ1v) is 17.5. The highest BCUT2D eigenvalue weighted by Gasteiger charge is 2.39. The van der Waals surface area contributed by atoms with Crippen molar-refractivity contribution in [3.05, 3.63) is 173 Å². The summed E-state index contributed by atoms with van der Waals surface area (Å²) < 4.78 is 0. The Morgan fingerprint density at radius 3 is 1.78 bits per heavy atom. The Labute approximate surface area is 290 Å². The average molecular weight is 632 g/mol. The molecule has 7 aromatic carbocycles. The fourth-order valence-electron chi connectivity index (χ4n) is 9.08. The molecule has 0 N–H and O–H groups in total. The highest BCUT2D eigenvalue weighted by molar-refractivity contribution is 5.99. The second kappa shape index (κ2) is 10.5. The van der Waals surface area contributed by atoms with Gasteiger partial charge in [-0.3, -0.25) is 0 Å². The zero-order valence-corrected chi connectivity index (χ0v) is 29.2. The van der Waals surface area contributed by atoms with E-state index in [9.17, 15) is 0 Å². The summed E-state index contributed by atoms with van der Waals surface area (Å²) in [5.74, 6) is 0. The molecule has 7 aromatic rings. The summed E-state index contributed by atoms with van der Waals surface area (Å²) >= 11 is 0. The van der Waals surface area contributed by atoms with Gasteiger partial charge in [0.25, 0.3) is 0 Å². The van der Waals surface area contributed by atoms with Crippen molar-refractivity contribution in [3.63, 3.8) is 0 Å². The van der Waals surface area contributed by atoms with E-state index in [0.29, 0.717) is 0 Å². The maximum absolute atomic E-state index is 2.56. The first-order valence-electron chi connectivity index (χ1n) is 17.5. The second-order valence-corrected chi connectivity index (χ2v) is 15.1. The molecule has 9 rings (SSSR count). The zero-order valence-electron chi connectivity index (χ0n) is 29.2. The first kappa shape index (κ1) is 29.7. The molecule has 0 saturated heterocycles. The van der Waals surface area contributed by atoms with Crippen LogP contribution in [0.25, 0.3) is 44.2 Å². The summed E-state index contributed by atoms with van der Waals surface area (Å²) in [6, 6.07) is 52.2. The minimum absolute atomic E-state index is 0.0858.